The maximum Gasteiger partial charge on any atom is 0.0599 e. The van der Waals surface area contributed by atoms with Crippen LogP contribution in [0.15, 0.2) is 0 Å². The van der Waals surface area contributed by atoms with E-state index in [4.69, 9.17) is 0 Å². The molecule has 0 spiro atoms. The van der Waals surface area contributed by atoms with Crippen molar-refractivity contribution in [1.29, 1.82) is 0 Å². The summed E-state index contributed by atoms with van der Waals surface area (Å²) >= 11 is 0. The Morgan fingerprint density at radius 2 is 2.00 bits per heavy atom. The van der Waals surface area contributed by atoms with Gasteiger partial charge in [0.05, 0.1) is 6.10 Å². The van der Waals surface area contributed by atoms with E-state index in [1.54, 1.807) is 0 Å². The molecule has 11 heavy (non-hydrogen) atoms. The molecule has 0 amide bonds. The minimum absolute atomic E-state index is 0.0304. The Hall–Kier alpha value is -0.0400. The molecule has 0 saturated heterocycles. The summed E-state index contributed by atoms with van der Waals surface area (Å²) in [5.41, 5.74) is 0. The quantitative estimate of drug-likeness (QED) is 0.557. The highest BCUT2D eigenvalue weighted by molar-refractivity contribution is 5.06. The molecule has 4 bridgehead atoms. The zero-order chi connectivity index (χ0) is 7.42. The van der Waals surface area contributed by atoms with Gasteiger partial charge in [0, 0.05) is 0 Å². The molecule has 4 fully saturated rings. The Morgan fingerprint density at radius 3 is 2.73 bits per heavy atom. The van der Waals surface area contributed by atoms with Gasteiger partial charge in [-0.15, -0.1) is 0 Å². The fraction of sp³-hybridized carbons (Fsp3) is 0.900. The zero-order valence-electron chi connectivity index (χ0n) is 6.74. The van der Waals surface area contributed by atoms with Gasteiger partial charge in [-0.3, -0.25) is 0 Å². The third-order valence-electron chi connectivity index (χ3n) is 3.92. The van der Waals surface area contributed by atoms with Crippen LogP contribution in [0.4, 0.5) is 0 Å². The molecule has 5 unspecified atom stereocenters. The van der Waals surface area contributed by atoms with Crippen LogP contribution < -0.4 is 0 Å². The lowest BCUT2D eigenvalue weighted by Crippen LogP contribution is -2.48. The van der Waals surface area contributed by atoms with E-state index < -0.39 is 0 Å². The lowest BCUT2D eigenvalue weighted by atomic mass is 9.55. The fourth-order valence-electron chi connectivity index (χ4n) is 3.58. The van der Waals surface area contributed by atoms with Crippen molar-refractivity contribution in [3.8, 4) is 0 Å². The van der Waals surface area contributed by atoms with Crippen LogP contribution in [0.2, 0.25) is 0 Å². The summed E-state index contributed by atoms with van der Waals surface area (Å²) in [5, 5.41) is 9.80. The second-order valence-electron chi connectivity index (χ2n) is 4.68. The number of aliphatic hydroxyl groups is 1. The molecule has 61 valence electrons. The molecule has 0 aromatic heterocycles. The predicted molar refractivity (Wildman–Crippen MR) is 42.7 cm³/mol. The van der Waals surface area contributed by atoms with Crippen LogP contribution in [0.5, 0.6) is 0 Å². The Kier molecular flexibility index (Phi) is 1.18. The fourth-order valence-corrected chi connectivity index (χ4v) is 3.58. The van der Waals surface area contributed by atoms with E-state index in [2.05, 4.69) is 6.42 Å². The average molecular weight is 151 g/mol. The molecule has 4 saturated carbocycles. The van der Waals surface area contributed by atoms with Crippen LogP contribution in [-0.4, -0.2) is 11.2 Å². The molecule has 1 heteroatoms. The molecule has 5 atom stereocenters. The highest BCUT2D eigenvalue weighted by Crippen LogP contribution is 2.52. The van der Waals surface area contributed by atoms with Gasteiger partial charge in [0.25, 0.3) is 0 Å². The molecule has 1 nitrogen and oxygen atoms in total. The van der Waals surface area contributed by atoms with Gasteiger partial charge < -0.3 is 5.11 Å². The van der Waals surface area contributed by atoms with Crippen LogP contribution >= 0.6 is 0 Å². The van der Waals surface area contributed by atoms with Crippen molar-refractivity contribution >= 4 is 0 Å². The minimum atomic E-state index is 0.0304. The lowest BCUT2D eigenvalue weighted by Gasteiger charge is -2.52. The Morgan fingerprint density at radius 1 is 1.09 bits per heavy atom. The normalized spacial score (nSPS) is 60.3. The SMILES string of the molecule is OC1C2[CH]C3CC(C2)CC1C3. The molecule has 4 aliphatic rings. The second-order valence-corrected chi connectivity index (χ2v) is 4.68. The molecular formula is C10H15O. The van der Waals surface area contributed by atoms with Gasteiger partial charge in [-0.1, -0.05) is 0 Å². The van der Waals surface area contributed by atoms with E-state index in [0.29, 0.717) is 11.8 Å². The summed E-state index contributed by atoms with van der Waals surface area (Å²) < 4.78 is 0. The van der Waals surface area contributed by atoms with Crippen LogP contribution in [0.1, 0.15) is 25.7 Å². The Labute approximate surface area is 67.8 Å². The van der Waals surface area contributed by atoms with Crippen molar-refractivity contribution in [2.75, 3.05) is 0 Å². The van der Waals surface area contributed by atoms with Gasteiger partial charge in [-0.05, 0) is 55.8 Å². The summed E-state index contributed by atoms with van der Waals surface area (Å²) in [6.45, 7) is 0. The van der Waals surface area contributed by atoms with Crippen molar-refractivity contribution in [2.24, 2.45) is 23.7 Å². The van der Waals surface area contributed by atoms with E-state index in [1.165, 1.54) is 25.7 Å². The summed E-state index contributed by atoms with van der Waals surface area (Å²) in [5.74, 6) is 3.09. The van der Waals surface area contributed by atoms with Crippen LogP contribution in [-0.2, 0) is 0 Å². The van der Waals surface area contributed by atoms with Gasteiger partial charge >= 0.3 is 0 Å². The molecule has 4 rings (SSSR count). The van der Waals surface area contributed by atoms with E-state index in [1.807, 2.05) is 0 Å². The molecule has 0 aromatic rings. The maximum atomic E-state index is 9.80. The third kappa shape index (κ3) is 0.807. The first-order valence-corrected chi connectivity index (χ1v) is 4.86. The molecule has 4 aliphatic carbocycles. The number of hydrogen-bond acceptors (Lipinski definition) is 1. The highest BCUT2D eigenvalue weighted by atomic mass is 16.3. The van der Waals surface area contributed by atoms with Gasteiger partial charge in [0.15, 0.2) is 0 Å². The second kappa shape index (κ2) is 2.01. The monoisotopic (exact) mass is 151 g/mol. The van der Waals surface area contributed by atoms with Gasteiger partial charge in [0.1, 0.15) is 0 Å². The van der Waals surface area contributed by atoms with E-state index in [9.17, 15) is 5.11 Å². The van der Waals surface area contributed by atoms with E-state index in [-0.39, 0.29) is 6.10 Å². The first-order chi connectivity index (χ1) is 5.33. The van der Waals surface area contributed by atoms with Crippen molar-refractivity contribution < 1.29 is 5.11 Å². The van der Waals surface area contributed by atoms with Crippen LogP contribution in [0, 0.1) is 30.1 Å². The van der Waals surface area contributed by atoms with E-state index >= 15 is 0 Å². The zero-order valence-corrected chi connectivity index (χ0v) is 6.74. The first kappa shape index (κ1) is 6.47. The van der Waals surface area contributed by atoms with Crippen molar-refractivity contribution in [3.63, 3.8) is 0 Å². The van der Waals surface area contributed by atoms with Crippen LogP contribution in [0.25, 0.3) is 0 Å². The number of rotatable bonds is 0. The minimum Gasteiger partial charge on any atom is -0.393 e. The third-order valence-corrected chi connectivity index (χ3v) is 3.92. The van der Waals surface area contributed by atoms with Crippen molar-refractivity contribution in [3.05, 3.63) is 6.42 Å². The summed E-state index contributed by atoms with van der Waals surface area (Å²) in [6.07, 6.45) is 7.78. The van der Waals surface area contributed by atoms with Gasteiger partial charge in [0.2, 0.25) is 0 Å². The number of aliphatic hydroxyl groups excluding tert-OH is 1. The van der Waals surface area contributed by atoms with E-state index in [0.717, 1.165) is 11.8 Å². The predicted octanol–water partition coefficient (Wildman–Crippen LogP) is 1.62. The van der Waals surface area contributed by atoms with Crippen LogP contribution in [0.3, 0.4) is 0 Å². The summed E-state index contributed by atoms with van der Waals surface area (Å²) in [6, 6.07) is 0. The van der Waals surface area contributed by atoms with Gasteiger partial charge in [-0.25, -0.2) is 0 Å². The molecule has 0 aliphatic heterocycles. The first-order valence-electron chi connectivity index (χ1n) is 4.86. The highest BCUT2D eigenvalue weighted by Gasteiger charge is 2.47. The number of hydrogen-bond donors (Lipinski definition) is 1. The summed E-state index contributed by atoms with van der Waals surface area (Å²) in [4.78, 5) is 0. The smallest absolute Gasteiger partial charge is 0.0599 e. The standard InChI is InChI=1S/C10H15O/c11-10-8-2-6-1-7(4-8)5-9(10)3-6/h2,6-11H,1,3-5H2. The Bertz CT molecular complexity index is 148. The largest absolute Gasteiger partial charge is 0.393 e. The lowest BCUT2D eigenvalue weighted by molar-refractivity contribution is -0.0614. The average Bonchev–Trinajstić information content (AvgIpc) is 1.98. The van der Waals surface area contributed by atoms with Gasteiger partial charge in [-0.2, -0.15) is 0 Å². The molecule has 0 heterocycles. The molecule has 0 aromatic carbocycles. The topological polar surface area (TPSA) is 20.2 Å². The van der Waals surface area contributed by atoms with Crippen molar-refractivity contribution in [2.45, 2.75) is 31.8 Å². The molecule has 1 radical (unpaired) electrons. The van der Waals surface area contributed by atoms with Crippen molar-refractivity contribution in [1.82, 2.24) is 0 Å². The molecule has 1 N–H and O–H groups in total. The summed E-state index contributed by atoms with van der Waals surface area (Å²) in [7, 11) is 0. The molecular weight excluding hydrogens is 136 g/mol. The maximum absolute atomic E-state index is 9.80. The Balaban J connectivity index is 1.91.